The van der Waals surface area contributed by atoms with Crippen molar-refractivity contribution < 1.29 is 32.6 Å². The van der Waals surface area contributed by atoms with Crippen LogP contribution in [-0.4, -0.2) is 47.8 Å². The van der Waals surface area contributed by atoms with Crippen LogP contribution in [0, 0.1) is 11.6 Å². The Morgan fingerprint density at radius 1 is 0.884 bits per heavy atom. The molecule has 0 bridgehead atoms. The predicted molar refractivity (Wildman–Crippen MR) is 164 cm³/mol. The minimum Gasteiger partial charge on any atom is -0.490 e. The van der Waals surface area contributed by atoms with Crippen LogP contribution in [-0.2, 0) is 4.74 Å². The summed E-state index contributed by atoms with van der Waals surface area (Å²) in [6, 6.07) is 13.9. The molecule has 0 unspecified atom stereocenters. The smallest absolute Gasteiger partial charge is 0.410 e. The van der Waals surface area contributed by atoms with Gasteiger partial charge in [-0.1, -0.05) is 6.07 Å². The fourth-order valence-electron chi connectivity index (χ4n) is 5.22. The lowest BCUT2D eigenvalue weighted by molar-refractivity contribution is 0.0275. The van der Waals surface area contributed by atoms with Crippen LogP contribution in [0.2, 0.25) is 0 Å². The van der Waals surface area contributed by atoms with Crippen molar-refractivity contribution in [3.05, 3.63) is 76.3 Å². The molecule has 0 spiro atoms. The number of hydrogen-bond acceptors (Lipinski definition) is 5. The molecule has 5 rings (SSSR count). The zero-order valence-corrected chi connectivity index (χ0v) is 26.0. The summed E-state index contributed by atoms with van der Waals surface area (Å²) in [5.41, 5.74) is 1.24. The van der Waals surface area contributed by atoms with E-state index in [4.69, 9.17) is 14.2 Å². The average molecular weight is 658 g/mol. The zero-order valence-electron chi connectivity index (χ0n) is 24.4. The zero-order chi connectivity index (χ0) is 30.7. The Kier molecular flexibility index (Phi) is 9.25. The maximum absolute atomic E-state index is 14.1. The van der Waals surface area contributed by atoms with Gasteiger partial charge in [0.25, 0.3) is 5.91 Å². The number of nitrogens with one attached hydrogen (secondary N) is 1. The Labute approximate surface area is 258 Å². The summed E-state index contributed by atoms with van der Waals surface area (Å²) in [6.45, 7) is 6.46. The third-order valence-electron chi connectivity index (χ3n) is 7.35. The second-order valence-corrected chi connectivity index (χ2v) is 12.8. The third-order valence-corrected chi connectivity index (χ3v) is 7.97. The molecule has 0 radical (unpaired) electrons. The highest BCUT2D eigenvalue weighted by molar-refractivity contribution is 9.10. The van der Waals surface area contributed by atoms with Gasteiger partial charge in [0.1, 0.15) is 23.2 Å². The normalized spacial score (nSPS) is 17.2. The van der Waals surface area contributed by atoms with Gasteiger partial charge < -0.3 is 24.4 Å². The Balaban J connectivity index is 1.27. The van der Waals surface area contributed by atoms with E-state index < -0.39 is 17.2 Å². The van der Waals surface area contributed by atoms with E-state index >= 15 is 0 Å². The van der Waals surface area contributed by atoms with Gasteiger partial charge in [0.05, 0.1) is 17.1 Å². The molecule has 2 fully saturated rings. The van der Waals surface area contributed by atoms with Gasteiger partial charge in [-0.25, -0.2) is 13.6 Å². The van der Waals surface area contributed by atoms with Crippen LogP contribution in [0.25, 0.3) is 11.1 Å². The molecule has 7 nitrogen and oxygen atoms in total. The van der Waals surface area contributed by atoms with Crippen LogP contribution in [0.1, 0.15) is 63.2 Å². The van der Waals surface area contributed by atoms with Gasteiger partial charge in [-0.2, -0.15) is 0 Å². The summed E-state index contributed by atoms with van der Waals surface area (Å²) in [5.74, 6) is -1.18. The highest BCUT2D eigenvalue weighted by Gasteiger charge is 2.31. The molecule has 2 amide bonds. The summed E-state index contributed by atoms with van der Waals surface area (Å²) in [7, 11) is 0. The molecule has 1 heterocycles. The highest BCUT2D eigenvalue weighted by Crippen LogP contribution is 2.36. The molecule has 10 heteroatoms. The maximum atomic E-state index is 14.1. The van der Waals surface area contributed by atoms with Crippen LogP contribution in [0.5, 0.6) is 11.5 Å². The number of halogens is 3. The first kappa shape index (κ1) is 30.8. The number of rotatable bonds is 7. The van der Waals surface area contributed by atoms with Crippen molar-refractivity contribution in [1.82, 2.24) is 4.90 Å². The van der Waals surface area contributed by atoms with Gasteiger partial charge in [-0.3, -0.25) is 4.79 Å². The molecule has 43 heavy (non-hydrogen) atoms. The first-order chi connectivity index (χ1) is 20.4. The summed E-state index contributed by atoms with van der Waals surface area (Å²) in [6.07, 6.45) is 4.18. The number of carbonyl (C=O) groups is 2. The number of benzene rings is 3. The quantitative estimate of drug-likeness (QED) is 0.277. The molecule has 1 N–H and O–H groups in total. The number of amides is 2. The van der Waals surface area contributed by atoms with Gasteiger partial charge in [0.2, 0.25) is 0 Å². The lowest BCUT2D eigenvalue weighted by Gasteiger charge is -2.24. The van der Waals surface area contributed by atoms with Crippen molar-refractivity contribution in [2.75, 3.05) is 18.4 Å². The Morgan fingerprint density at radius 2 is 1.60 bits per heavy atom. The van der Waals surface area contributed by atoms with E-state index in [-0.39, 0.29) is 24.2 Å². The average Bonchev–Trinajstić information content (AvgIpc) is 3.64. The number of anilines is 1. The highest BCUT2D eigenvalue weighted by atomic mass is 79.9. The molecular formula is C33H35BrF2N2O5. The van der Waals surface area contributed by atoms with Gasteiger partial charge in [0, 0.05) is 29.8 Å². The second kappa shape index (κ2) is 12.9. The Morgan fingerprint density at radius 3 is 2.30 bits per heavy atom. The summed E-state index contributed by atoms with van der Waals surface area (Å²) < 4.78 is 46.2. The van der Waals surface area contributed by atoms with E-state index in [1.807, 2.05) is 20.8 Å². The van der Waals surface area contributed by atoms with Crippen molar-refractivity contribution in [2.45, 2.75) is 70.7 Å². The van der Waals surface area contributed by atoms with Crippen LogP contribution in [0.4, 0.5) is 19.3 Å². The Bertz CT molecular complexity index is 1500. The van der Waals surface area contributed by atoms with Crippen molar-refractivity contribution in [2.24, 2.45) is 0 Å². The lowest BCUT2D eigenvalue weighted by atomic mass is 10.0. The molecule has 2 aliphatic rings. The summed E-state index contributed by atoms with van der Waals surface area (Å²) in [4.78, 5) is 27.3. The number of ether oxygens (including phenoxy) is 3. The van der Waals surface area contributed by atoms with Gasteiger partial charge >= 0.3 is 6.09 Å². The van der Waals surface area contributed by atoms with Gasteiger partial charge in [0.15, 0.2) is 11.6 Å². The van der Waals surface area contributed by atoms with E-state index in [0.717, 1.165) is 37.8 Å². The largest absolute Gasteiger partial charge is 0.490 e. The Hall–Kier alpha value is -3.66. The summed E-state index contributed by atoms with van der Waals surface area (Å²) in [5, 5.41) is 2.89. The first-order valence-corrected chi connectivity index (χ1v) is 15.3. The van der Waals surface area contributed by atoms with E-state index in [0.29, 0.717) is 57.9 Å². The lowest BCUT2D eigenvalue weighted by Crippen LogP contribution is -2.36. The van der Waals surface area contributed by atoms with E-state index in [9.17, 15) is 18.4 Å². The molecular weight excluding hydrogens is 622 g/mol. The molecule has 1 saturated heterocycles. The third kappa shape index (κ3) is 7.84. The molecule has 0 aromatic heterocycles. The molecule has 3 aromatic carbocycles. The van der Waals surface area contributed by atoms with E-state index in [1.165, 1.54) is 6.07 Å². The number of likely N-dealkylation sites (tertiary alicyclic amines) is 1. The minimum absolute atomic E-state index is 0.0476. The second-order valence-electron chi connectivity index (χ2n) is 11.9. The van der Waals surface area contributed by atoms with Crippen molar-refractivity contribution in [3.8, 4) is 22.6 Å². The SMILES string of the molecule is CC(C)(C)OC(=O)N1CC[C@H](Oc2ccc(NC(=O)c3ccc(OC4CCCC4)c(-c4ccc(F)c(F)c4)c3)cc2Br)C1. The topological polar surface area (TPSA) is 77.1 Å². The van der Waals surface area contributed by atoms with Crippen molar-refractivity contribution in [1.29, 1.82) is 0 Å². The molecule has 3 aromatic rings. The number of nitrogens with zero attached hydrogens (tertiary/aromatic N) is 1. The van der Waals surface area contributed by atoms with Crippen LogP contribution in [0.15, 0.2) is 59.1 Å². The molecule has 228 valence electrons. The van der Waals surface area contributed by atoms with Crippen LogP contribution < -0.4 is 14.8 Å². The predicted octanol–water partition coefficient (Wildman–Crippen LogP) is 8.36. The first-order valence-electron chi connectivity index (χ1n) is 14.5. The van der Waals surface area contributed by atoms with E-state index in [1.54, 1.807) is 41.3 Å². The number of carbonyl (C=O) groups excluding carboxylic acids is 2. The standard InChI is InChI=1S/C33H35BrF2N2O5/c1-33(2,3)43-32(40)38-15-14-24(19-38)42-30-13-10-22(18-26(30)34)37-31(39)21-9-12-29(41-23-6-4-5-7-23)25(16-21)20-8-11-27(35)28(36)17-20/h8-13,16-18,23-24H,4-7,14-15,19H2,1-3H3,(H,37,39)/t24-/m0/s1. The molecule has 1 saturated carbocycles. The van der Waals surface area contributed by atoms with E-state index in [2.05, 4.69) is 21.2 Å². The van der Waals surface area contributed by atoms with Crippen molar-refractivity contribution in [3.63, 3.8) is 0 Å². The fraction of sp³-hybridized carbons (Fsp3) is 0.394. The van der Waals surface area contributed by atoms with Crippen molar-refractivity contribution >= 4 is 33.6 Å². The monoisotopic (exact) mass is 656 g/mol. The van der Waals surface area contributed by atoms with Crippen LogP contribution >= 0.6 is 15.9 Å². The van der Waals surface area contributed by atoms with Gasteiger partial charge in [-0.05, 0) is 116 Å². The van der Waals surface area contributed by atoms with Gasteiger partial charge in [-0.15, -0.1) is 0 Å². The molecule has 1 aliphatic heterocycles. The molecule has 1 aliphatic carbocycles. The maximum Gasteiger partial charge on any atom is 0.410 e. The minimum atomic E-state index is -0.971. The fourth-order valence-corrected chi connectivity index (χ4v) is 5.69. The molecule has 1 atom stereocenters. The summed E-state index contributed by atoms with van der Waals surface area (Å²) >= 11 is 3.53. The number of hydrogen-bond donors (Lipinski definition) is 1. The van der Waals surface area contributed by atoms with Crippen LogP contribution in [0.3, 0.4) is 0 Å².